The molecule has 0 saturated carbocycles. The summed E-state index contributed by atoms with van der Waals surface area (Å²) in [6, 6.07) is 0. The third-order valence-electron chi connectivity index (χ3n) is 0.277. The lowest BCUT2D eigenvalue weighted by atomic mass is 10.7. The van der Waals surface area contributed by atoms with E-state index in [4.69, 9.17) is 5.57 Å². The fraction of sp³-hybridized carbons (Fsp3) is 0.667. The molecule has 0 atom stereocenters. The van der Waals surface area contributed by atoms with Crippen molar-refractivity contribution in [1.82, 2.24) is 0 Å². The van der Waals surface area contributed by atoms with Gasteiger partial charge in [-0.15, -0.1) is 0 Å². The summed E-state index contributed by atoms with van der Waals surface area (Å²) in [5, 5.41) is 0. The summed E-state index contributed by atoms with van der Waals surface area (Å²) >= 11 is 0. The van der Waals surface area contributed by atoms with Gasteiger partial charge in [-0.2, -0.15) is 0 Å². The average Bonchev–Trinajstić information content (AvgIpc) is 1.86. The van der Waals surface area contributed by atoms with Crippen LogP contribution < -0.4 is 5.72 Å². The predicted octanol–water partition coefficient (Wildman–Crippen LogP) is -0.882. The maximum atomic E-state index is 10.4. The van der Waals surface area contributed by atoms with Crippen LogP contribution in [0.25, 0.3) is 0 Å². The van der Waals surface area contributed by atoms with Crippen LogP contribution in [-0.4, -0.2) is 19.6 Å². The molecule has 0 saturated heterocycles. The number of carbonyl (C=O) groups excluding carboxylic acids is 1. The van der Waals surface area contributed by atoms with Crippen molar-refractivity contribution in [3.63, 3.8) is 0 Å². The van der Waals surface area contributed by atoms with Crippen LogP contribution >= 0.6 is 0 Å². The summed E-state index contributed by atoms with van der Waals surface area (Å²) in [5.41, 5.74) is -0.348. The molecule has 0 heterocycles. The lowest BCUT2D eigenvalue weighted by molar-refractivity contribution is -0.138. The number of hydrogen-bond acceptors (Lipinski definition) is 3. The fourth-order valence-electron chi connectivity index (χ4n) is 0.0456. The number of methoxy groups -OCH3 is 1. The van der Waals surface area contributed by atoms with Gasteiger partial charge in [0.25, 0.3) is 0 Å². The zero-order chi connectivity index (χ0) is 8.36. The van der Waals surface area contributed by atoms with Crippen LogP contribution in [0.5, 0.6) is 0 Å². The molecule has 0 aromatic heterocycles. The minimum atomic E-state index is -2.69. The number of nitrogens with two attached hydrogens (primary N) is 1. The Labute approximate surface area is 41.8 Å². The van der Waals surface area contributed by atoms with E-state index in [1.165, 1.54) is 0 Å². The largest absolute Gasteiger partial charge is 0.468 e. The molecule has 0 aliphatic carbocycles. The SMILES string of the molecule is [2H]N([2H])C([2H])([2H])C(=O)OC. The summed E-state index contributed by atoms with van der Waals surface area (Å²) in [7, 11) is 0.990. The van der Waals surface area contributed by atoms with Crippen LogP contribution in [0.3, 0.4) is 0 Å². The van der Waals surface area contributed by atoms with E-state index in [1.807, 2.05) is 0 Å². The highest BCUT2D eigenvalue weighted by atomic mass is 16.5. The van der Waals surface area contributed by atoms with E-state index in [1.54, 1.807) is 0 Å². The van der Waals surface area contributed by atoms with Crippen molar-refractivity contribution in [2.24, 2.45) is 5.72 Å². The number of esters is 1. The van der Waals surface area contributed by atoms with Crippen LogP contribution in [0.1, 0.15) is 2.74 Å². The van der Waals surface area contributed by atoms with Crippen molar-refractivity contribution in [2.45, 2.75) is 0 Å². The predicted molar refractivity (Wildman–Crippen MR) is 21.1 cm³/mol. The molecule has 0 amide bonds. The van der Waals surface area contributed by atoms with Crippen molar-refractivity contribution in [3.8, 4) is 0 Å². The maximum absolute atomic E-state index is 10.4. The second-order valence-corrected chi connectivity index (χ2v) is 0.603. The molecule has 3 nitrogen and oxygen atoms in total. The van der Waals surface area contributed by atoms with E-state index in [0.29, 0.717) is 0 Å². The van der Waals surface area contributed by atoms with Gasteiger partial charge in [0.2, 0.25) is 0 Å². The Balaban J connectivity index is 4.24. The van der Waals surface area contributed by atoms with Crippen molar-refractivity contribution < 1.29 is 15.1 Å². The Hall–Kier alpha value is -0.570. The monoisotopic (exact) mass is 93.1 g/mol. The van der Waals surface area contributed by atoms with Crippen molar-refractivity contribution >= 4 is 5.97 Å². The molecular formula is C3H7NO2. The van der Waals surface area contributed by atoms with Gasteiger partial charge in [-0.25, -0.2) is 0 Å². The van der Waals surface area contributed by atoms with Gasteiger partial charge in [0.05, 0.1) is 16.3 Å². The smallest absolute Gasteiger partial charge is 0.319 e. The van der Waals surface area contributed by atoms with Crippen molar-refractivity contribution in [1.29, 1.82) is 0 Å². The van der Waals surface area contributed by atoms with Gasteiger partial charge in [0.15, 0.2) is 0 Å². The molecule has 0 aromatic rings. The molecule has 0 radical (unpaired) electrons. The third kappa shape index (κ3) is 1.72. The zero-order valence-electron chi connectivity index (χ0n) is 7.26. The van der Waals surface area contributed by atoms with Crippen LogP contribution in [0.15, 0.2) is 0 Å². The highest BCUT2D eigenvalue weighted by Crippen LogP contribution is 1.61. The first-order chi connectivity index (χ1) is 4.42. The standard InChI is InChI=1S/C3H7NO2/c1-6-3(5)2-4/h2,4H2,1H3/i2D2/hD2. The van der Waals surface area contributed by atoms with Crippen LogP contribution in [0, 0.1) is 0 Å². The first kappa shape index (κ1) is 1.50. The maximum Gasteiger partial charge on any atom is 0.319 e. The molecule has 3 heteroatoms. The van der Waals surface area contributed by atoms with Gasteiger partial charge in [-0.3, -0.25) is 4.79 Å². The quantitative estimate of drug-likeness (QED) is 0.451. The summed E-state index contributed by atoms with van der Waals surface area (Å²) in [4.78, 5) is 10.4. The van der Waals surface area contributed by atoms with E-state index >= 15 is 0 Å². The van der Waals surface area contributed by atoms with E-state index in [0.717, 1.165) is 7.11 Å². The minimum Gasteiger partial charge on any atom is -0.468 e. The number of carbonyl (C=O) groups is 1. The average molecular weight is 93.1 g/mol. The van der Waals surface area contributed by atoms with Gasteiger partial charge in [0.1, 0.15) is 2.82 Å². The highest BCUT2D eigenvalue weighted by molar-refractivity contribution is 5.70. The molecule has 0 aliphatic rings. The Bertz CT molecular complexity index is 136. The molecule has 2 N–H and O–H groups in total. The van der Waals surface area contributed by atoms with E-state index in [9.17, 15) is 4.79 Å². The third-order valence-corrected chi connectivity index (χ3v) is 0.277. The summed E-state index contributed by atoms with van der Waals surface area (Å²) in [6.45, 7) is -2.69. The molecule has 0 aromatic carbocycles. The van der Waals surface area contributed by atoms with Crippen LogP contribution in [0.4, 0.5) is 0 Å². The molecule has 0 unspecified atom stereocenters. The molecule has 0 rings (SSSR count). The van der Waals surface area contributed by atoms with E-state index in [2.05, 4.69) is 4.74 Å². The van der Waals surface area contributed by atoms with Crippen molar-refractivity contribution in [3.05, 3.63) is 0 Å². The molecule has 0 fully saturated rings. The van der Waals surface area contributed by atoms with Gasteiger partial charge in [-0.05, 0) is 0 Å². The molecule has 36 valence electrons. The van der Waals surface area contributed by atoms with Gasteiger partial charge < -0.3 is 10.5 Å². The Morgan fingerprint density at radius 2 is 3.17 bits per heavy atom. The molecule has 0 bridgehead atoms. The second kappa shape index (κ2) is 2.66. The van der Waals surface area contributed by atoms with E-state index in [-0.39, 0.29) is 5.72 Å². The molecular weight excluding hydrogens is 82.0 g/mol. The Morgan fingerprint density at radius 3 is 3.33 bits per heavy atom. The van der Waals surface area contributed by atoms with Gasteiger partial charge in [-0.1, -0.05) is 0 Å². The first-order valence-corrected chi connectivity index (χ1v) is 1.29. The lowest BCUT2D eigenvalue weighted by Gasteiger charge is -1.87. The molecule has 0 spiro atoms. The number of rotatable bonds is 2. The highest BCUT2D eigenvalue weighted by Gasteiger charge is 1.87. The number of hydrogen-bond donors (Lipinski definition) is 1. The topological polar surface area (TPSA) is 52.3 Å². The van der Waals surface area contributed by atoms with Crippen LogP contribution in [-0.2, 0) is 9.53 Å². The summed E-state index contributed by atoms with van der Waals surface area (Å²) < 4.78 is 30.3. The van der Waals surface area contributed by atoms with Crippen molar-refractivity contribution in [2.75, 3.05) is 13.6 Å². The van der Waals surface area contributed by atoms with Crippen LogP contribution in [0.2, 0.25) is 2.82 Å². The molecule has 6 heavy (non-hydrogen) atoms. The normalized spacial score (nSPS) is 20.3. The second-order valence-electron chi connectivity index (χ2n) is 0.603. The lowest BCUT2D eigenvalue weighted by Crippen LogP contribution is -2.14. The van der Waals surface area contributed by atoms with Gasteiger partial charge >= 0.3 is 5.97 Å². The Kier molecular flexibility index (Phi) is 0.664. The number of ether oxygens (including phenoxy) is 1. The zero-order valence-corrected chi connectivity index (χ0v) is 3.26. The fourth-order valence-corrected chi connectivity index (χ4v) is 0.0456. The van der Waals surface area contributed by atoms with Gasteiger partial charge in [0, 0.05) is 0 Å². The Morgan fingerprint density at radius 1 is 2.50 bits per heavy atom. The molecule has 0 aliphatic heterocycles. The van der Waals surface area contributed by atoms with E-state index < -0.39 is 12.5 Å². The minimum absolute atomic E-state index is 0.348. The first-order valence-electron chi connectivity index (χ1n) is 3.18. The summed E-state index contributed by atoms with van der Waals surface area (Å²) in [6.07, 6.45) is 0. The summed E-state index contributed by atoms with van der Waals surface area (Å²) in [5.74, 6) is -1.25.